The number of para-hydroxylation sites is 1. The third kappa shape index (κ3) is 6.42. The number of piperazine rings is 1. The number of amides is 5. The van der Waals surface area contributed by atoms with Crippen molar-refractivity contribution in [3.05, 3.63) is 59.3 Å². The van der Waals surface area contributed by atoms with E-state index in [1.54, 1.807) is 11.1 Å². The number of benzene rings is 2. The molecule has 11 heteroatoms. The molecule has 1 aromatic heterocycles. The van der Waals surface area contributed by atoms with Crippen LogP contribution in [0.3, 0.4) is 0 Å². The summed E-state index contributed by atoms with van der Waals surface area (Å²) in [6.07, 6.45) is 10.1. The second-order valence-electron chi connectivity index (χ2n) is 13.5. The number of rotatable bonds is 6. The van der Waals surface area contributed by atoms with E-state index >= 15 is 0 Å². The van der Waals surface area contributed by atoms with Gasteiger partial charge in [-0.2, -0.15) is 5.10 Å². The summed E-state index contributed by atoms with van der Waals surface area (Å²) < 4.78 is 0. The quantitative estimate of drug-likeness (QED) is 0.373. The molecule has 0 spiro atoms. The van der Waals surface area contributed by atoms with E-state index in [0.29, 0.717) is 58.0 Å². The zero-order valence-electron chi connectivity index (χ0n) is 26.8. The number of likely N-dealkylation sites (tertiary alicyclic amines) is 1. The Morgan fingerprint density at radius 1 is 0.935 bits per heavy atom. The van der Waals surface area contributed by atoms with Crippen LogP contribution in [0.2, 0.25) is 0 Å². The number of H-pyrrole nitrogens is 1. The first kappa shape index (κ1) is 30.5. The van der Waals surface area contributed by atoms with Crippen molar-refractivity contribution in [3.8, 4) is 0 Å². The summed E-state index contributed by atoms with van der Waals surface area (Å²) in [7, 11) is 0. The zero-order chi connectivity index (χ0) is 31.6. The number of urea groups is 2. The van der Waals surface area contributed by atoms with Crippen LogP contribution in [0, 0.1) is 6.92 Å². The second kappa shape index (κ2) is 13.3. The lowest BCUT2D eigenvalue weighted by molar-refractivity contribution is -0.135. The monoisotopic (exact) mass is 626 g/mol. The molecule has 3 aromatic rings. The number of nitrogens with zero attached hydrogens (tertiary/aromatic N) is 5. The molecule has 11 nitrogen and oxygen atoms in total. The third-order valence-corrected chi connectivity index (χ3v) is 10.6. The highest BCUT2D eigenvalue weighted by atomic mass is 16.2. The molecule has 3 N–H and O–H groups in total. The number of carbonyl (C=O) groups excluding carboxylic acids is 3. The topological polar surface area (TPSA) is 117 Å². The summed E-state index contributed by atoms with van der Waals surface area (Å²) in [6.45, 7) is 6.82. The van der Waals surface area contributed by atoms with Gasteiger partial charge in [0.2, 0.25) is 5.91 Å². The first-order chi connectivity index (χ1) is 22.4. The Kier molecular flexibility index (Phi) is 8.84. The minimum absolute atomic E-state index is 0.0138. The molecule has 1 atom stereocenters. The molecule has 3 fully saturated rings. The number of hydrogen-bond acceptors (Lipinski definition) is 5. The van der Waals surface area contributed by atoms with Crippen molar-refractivity contribution in [2.45, 2.75) is 83.0 Å². The van der Waals surface area contributed by atoms with Gasteiger partial charge in [-0.3, -0.25) is 14.8 Å². The van der Waals surface area contributed by atoms with Crippen molar-refractivity contribution in [1.82, 2.24) is 35.1 Å². The molecule has 7 rings (SSSR count). The van der Waals surface area contributed by atoms with Crippen molar-refractivity contribution in [3.63, 3.8) is 0 Å². The fraction of sp³-hybridized carbons (Fsp3) is 0.543. The number of aromatic nitrogens is 2. The fourth-order valence-corrected chi connectivity index (χ4v) is 7.98. The Balaban J connectivity index is 1.01. The first-order valence-electron chi connectivity index (χ1n) is 17.1. The summed E-state index contributed by atoms with van der Waals surface area (Å²) in [4.78, 5) is 48.9. The predicted molar refractivity (Wildman–Crippen MR) is 177 cm³/mol. The minimum atomic E-state index is -0.667. The molecular formula is C35H46N8O3. The van der Waals surface area contributed by atoms with Crippen molar-refractivity contribution in [2.24, 2.45) is 0 Å². The average Bonchev–Trinajstić information content (AvgIpc) is 3.57. The lowest BCUT2D eigenvalue weighted by Crippen LogP contribution is -2.59. The summed E-state index contributed by atoms with van der Waals surface area (Å²) in [6, 6.07) is 11.8. The summed E-state index contributed by atoms with van der Waals surface area (Å²) in [5.74, 6) is -0.0138. The van der Waals surface area contributed by atoms with Gasteiger partial charge in [0.05, 0.1) is 11.7 Å². The van der Waals surface area contributed by atoms with Gasteiger partial charge in [-0.15, -0.1) is 0 Å². The fourth-order valence-electron chi connectivity index (χ4n) is 7.98. The van der Waals surface area contributed by atoms with Crippen molar-refractivity contribution >= 4 is 34.6 Å². The number of carbonyl (C=O) groups is 3. The van der Waals surface area contributed by atoms with Crippen molar-refractivity contribution in [2.75, 3.05) is 44.6 Å². The highest BCUT2D eigenvalue weighted by molar-refractivity contribution is 5.92. The highest BCUT2D eigenvalue weighted by Crippen LogP contribution is 2.28. The minimum Gasteiger partial charge on any atom is -0.338 e. The molecular weight excluding hydrogens is 580 g/mol. The van der Waals surface area contributed by atoms with Crippen LogP contribution in [0.1, 0.15) is 61.6 Å². The van der Waals surface area contributed by atoms with E-state index in [1.807, 2.05) is 41.0 Å². The molecule has 46 heavy (non-hydrogen) atoms. The number of aromatic amines is 1. The Labute approximate surface area is 270 Å². The van der Waals surface area contributed by atoms with E-state index < -0.39 is 6.04 Å². The first-order valence-corrected chi connectivity index (χ1v) is 17.1. The lowest BCUT2D eigenvalue weighted by Gasteiger charge is -2.42. The van der Waals surface area contributed by atoms with Crippen LogP contribution in [0.5, 0.6) is 0 Å². The van der Waals surface area contributed by atoms with Gasteiger partial charge in [-0.25, -0.2) is 9.59 Å². The third-order valence-electron chi connectivity index (χ3n) is 10.6. The van der Waals surface area contributed by atoms with Crippen molar-refractivity contribution < 1.29 is 14.4 Å². The summed E-state index contributed by atoms with van der Waals surface area (Å²) in [5, 5.41) is 14.4. The van der Waals surface area contributed by atoms with Gasteiger partial charge in [-0.1, -0.05) is 43.5 Å². The predicted octanol–water partition coefficient (Wildman–Crippen LogP) is 4.48. The van der Waals surface area contributed by atoms with Crippen LogP contribution in [0.15, 0.2) is 42.6 Å². The van der Waals surface area contributed by atoms with Crippen LogP contribution in [-0.4, -0.2) is 105 Å². The lowest BCUT2D eigenvalue weighted by atomic mass is 9.93. The number of aryl methyl sites for hydroxylation is 1. The smallest absolute Gasteiger partial charge is 0.322 e. The molecule has 1 saturated carbocycles. The highest BCUT2D eigenvalue weighted by Gasteiger charge is 2.35. The van der Waals surface area contributed by atoms with Gasteiger partial charge in [-0.05, 0) is 61.4 Å². The molecule has 2 aromatic carbocycles. The Hall–Kier alpha value is -4.12. The maximum Gasteiger partial charge on any atom is 0.322 e. The van der Waals surface area contributed by atoms with Gasteiger partial charge in [0.15, 0.2) is 0 Å². The molecule has 5 amide bonds. The number of piperidine rings is 1. The van der Waals surface area contributed by atoms with Crippen molar-refractivity contribution in [1.29, 1.82) is 0 Å². The number of fused-ring (bicyclic) bond motifs is 2. The maximum atomic E-state index is 14.1. The SMILES string of the molecule is Cc1cc(C[C@@H](NC(=O)N2CCC(N3Cc4ccccc4NC3=O)CC2)C(=O)N2CCN(C3CCCCC3)CC2)cc2cn[nH]c12. The largest absolute Gasteiger partial charge is 0.338 e. The number of anilines is 1. The van der Waals surface area contributed by atoms with Crippen LogP contribution in [-0.2, 0) is 17.8 Å². The Morgan fingerprint density at radius 2 is 1.70 bits per heavy atom. The Bertz CT molecular complexity index is 1570. The molecule has 2 saturated heterocycles. The van der Waals surface area contributed by atoms with E-state index in [9.17, 15) is 14.4 Å². The average molecular weight is 627 g/mol. The van der Waals surface area contributed by atoms with E-state index in [2.05, 4.69) is 37.9 Å². The summed E-state index contributed by atoms with van der Waals surface area (Å²) in [5.41, 5.74) is 5.03. The van der Waals surface area contributed by atoms with E-state index in [-0.39, 0.29) is 24.0 Å². The standard InChI is InChI=1S/C35H46N8O3/c1-24-19-25(20-27-22-36-39-32(24)27)21-31(33(44)41-17-15-40(16-18-41)28-8-3-2-4-9-28)38-34(45)42-13-11-29(12-14-42)43-23-26-7-5-6-10-30(26)37-35(43)46/h5-7,10,19-20,22,28-29,31H,2-4,8-9,11-18,21,23H2,1H3,(H,36,39)(H,37,46)(H,38,45)/t31-/m1/s1. The van der Waals surface area contributed by atoms with Gasteiger partial charge < -0.3 is 25.3 Å². The molecule has 244 valence electrons. The van der Waals surface area contributed by atoms with Crippen LogP contribution in [0.25, 0.3) is 10.9 Å². The Morgan fingerprint density at radius 3 is 2.48 bits per heavy atom. The number of hydrogen-bond donors (Lipinski definition) is 3. The van der Waals surface area contributed by atoms with E-state index in [0.717, 1.165) is 46.4 Å². The molecule has 1 aliphatic carbocycles. The molecule has 4 heterocycles. The number of nitrogens with one attached hydrogen (secondary N) is 3. The molecule has 0 bridgehead atoms. The summed E-state index contributed by atoms with van der Waals surface area (Å²) >= 11 is 0. The molecule has 4 aliphatic rings. The van der Waals surface area contributed by atoms with Crippen LogP contribution < -0.4 is 10.6 Å². The second-order valence-corrected chi connectivity index (χ2v) is 13.5. The molecule has 3 aliphatic heterocycles. The van der Waals surface area contributed by atoms with Gasteiger partial charge in [0.1, 0.15) is 6.04 Å². The van der Waals surface area contributed by atoms with E-state index in [1.165, 1.54) is 32.1 Å². The van der Waals surface area contributed by atoms with Crippen LogP contribution >= 0.6 is 0 Å². The maximum absolute atomic E-state index is 14.1. The van der Waals surface area contributed by atoms with Crippen LogP contribution in [0.4, 0.5) is 15.3 Å². The van der Waals surface area contributed by atoms with Gasteiger partial charge in [0, 0.05) is 75.4 Å². The zero-order valence-corrected chi connectivity index (χ0v) is 26.8. The normalized spacial score (nSPS) is 20.8. The van der Waals surface area contributed by atoms with Gasteiger partial charge >= 0.3 is 12.1 Å². The molecule has 0 radical (unpaired) electrons. The van der Waals surface area contributed by atoms with Gasteiger partial charge in [0.25, 0.3) is 0 Å². The molecule has 0 unspecified atom stereocenters. The van der Waals surface area contributed by atoms with E-state index in [4.69, 9.17) is 0 Å².